The molecule has 0 aliphatic carbocycles. The van der Waals surface area contributed by atoms with Gasteiger partial charge < -0.3 is 10.2 Å². The SMILES string of the molecule is CNC(C)C(=O)N1CC2CC1CS2. The van der Waals surface area contributed by atoms with Crippen LogP contribution in [-0.4, -0.2) is 47.5 Å². The van der Waals surface area contributed by atoms with E-state index in [4.69, 9.17) is 0 Å². The molecule has 2 bridgehead atoms. The van der Waals surface area contributed by atoms with Crippen LogP contribution in [-0.2, 0) is 4.79 Å². The lowest BCUT2D eigenvalue weighted by Gasteiger charge is -2.29. The molecule has 2 rings (SSSR count). The predicted molar refractivity (Wildman–Crippen MR) is 54.9 cm³/mol. The minimum absolute atomic E-state index is 0.0238. The molecule has 1 N–H and O–H groups in total. The summed E-state index contributed by atoms with van der Waals surface area (Å²) in [6.45, 7) is 2.90. The van der Waals surface area contributed by atoms with Gasteiger partial charge >= 0.3 is 0 Å². The first-order valence-corrected chi connectivity index (χ1v) is 5.86. The van der Waals surface area contributed by atoms with Crippen molar-refractivity contribution in [2.45, 2.75) is 30.7 Å². The van der Waals surface area contributed by atoms with Gasteiger partial charge in [0.15, 0.2) is 0 Å². The minimum Gasteiger partial charge on any atom is -0.336 e. The van der Waals surface area contributed by atoms with Gasteiger partial charge in [-0.05, 0) is 20.4 Å². The fraction of sp³-hybridized carbons (Fsp3) is 0.889. The van der Waals surface area contributed by atoms with Crippen molar-refractivity contribution >= 4 is 17.7 Å². The van der Waals surface area contributed by atoms with E-state index in [2.05, 4.69) is 10.2 Å². The van der Waals surface area contributed by atoms with Gasteiger partial charge in [-0.25, -0.2) is 0 Å². The molecule has 3 atom stereocenters. The molecule has 2 heterocycles. The minimum atomic E-state index is -0.0238. The number of carbonyl (C=O) groups is 1. The summed E-state index contributed by atoms with van der Waals surface area (Å²) in [7, 11) is 1.84. The number of hydrogen-bond acceptors (Lipinski definition) is 3. The quantitative estimate of drug-likeness (QED) is 0.696. The number of nitrogens with one attached hydrogen (secondary N) is 1. The number of hydrogen-bond donors (Lipinski definition) is 1. The van der Waals surface area contributed by atoms with Crippen molar-refractivity contribution in [3.05, 3.63) is 0 Å². The van der Waals surface area contributed by atoms with Crippen molar-refractivity contribution in [3.63, 3.8) is 0 Å². The second kappa shape index (κ2) is 3.50. The van der Waals surface area contributed by atoms with Crippen molar-refractivity contribution < 1.29 is 4.79 Å². The Morgan fingerprint density at radius 1 is 1.69 bits per heavy atom. The molecule has 2 saturated heterocycles. The van der Waals surface area contributed by atoms with E-state index >= 15 is 0 Å². The van der Waals surface area contributed by atoms with Gasteiger partial charge in [0.1, 0.15) is 0 Å². The summed E-state index contributed by atoms with van der Waals surface area (Å²) >= 11 is 2.02. The molecule has 0 radical (unpaired) electrons. The van der Waals surface area contributed by atoms with E-state index in [0.29, 0.717) is 6.04 Å². The van der Waals surface area contributed by atoms with E-state index in [9.17, 15) is 4.79 Å². The van der Waals surface area contributed by atoms with Gasteiger partial charge in [-0.1, -0.05) is 0 Å². The van der Waals surface area contributed by atoms with Crippen LogP contribution in [0.2, 0.25) is 0 Å². The summed E-state index contributed by atoms with van der Waals surface area (Å²) in [5.41, 5.74) is 0. The van der Waals surface area contributed by atoms with Crippen LogP contribution in [0.5, 0.6) is 0 Å². The zero-order valence-corrected chi connectivity index (χ0v) is 8.93. The monoisotopic (exact) mass is 200 g/mol. The Hall–Kier alpha value is -0.220. The van der Waals surface area contributed by atoms with Crippen molar-refractivity contribution in [3.8, 4) is 0 Å². The van der Waals surface area contributed by atoms with Gasteiger partial charge in [-0.2, -0.15) is 11.8 Å². The summed E-state index contributed by atoms with van der Waals surface area (Å²) in [6, 6.07) is 0.502. The van der Waals surface area contributed by atoms with Gasteiger partial charge in [0, 0.05) is 23.6 Å². The van der Waals surface area contributed by atoms with Crippen LogP contribution in [0.15, 0.2) is 0 Å². The Bertz CT molecular complexity index is 222. The lowest BCUT2D eigenvalue weighted by Crippen LogP contribution is -2.47. The summed E-state index contributed by atoms with van der Waals surface area (Å²) in [5, 5.41) is 3.72. The molecular weight excluding hydrogens is 184 g/mol. The standard InChI is InChI=1S/C9H16N2OS/c1-6(10-2)9(12)11-4-8-3-7(11)5-13-8/h6-8,10H,3-5H2,1-2H3. The Morgan fingerprint density at radius 2 is 2.46 bits per heavy atom. The zero-order chi connectivity index (χ0) is 9.42. The van der Waals surface area contributed by atoms with Crippen LogP contribution >= 0.6 is 11.8 Å². The molecule has 0 aromatic rings. The van der Waals surface area contributed by atoms with Crippen LogP contribution in [0.1, 0.15) is 13.3 Å². The van der Waals surface area contributed by atoms with Gasteiger partial charge in [0.05, 0.1) is 6.04 Å². The first-order chi connectivity index (χ1) is 6.22. The van der Waals surface area contributed by atoms with Crippen LogP contribution in [0, 0.1) is 0 Å². The molecule has 2 aliphatic rings. The summed E-state index contributed by atoms with van der Waals surface area (Å²) < 4.78 is 0. The number of likely N-dealkylation sites (N-methyl/N-ethyl adjacent to an activating group) is 1. The molecule has 3 nitrogen and oxygen atoms in total. The highest BCUT2D eigenvalue weighted by Crippen LogP contribution is 2.37. The Labute approximate surface area is 83.2 Å². The largest absolute Gasteiger partial charge is 0.336 e. The van der Waals surface area contributed by atoms with Gasteiger partial charge in [0.2, 0.25) is 5.91 Å². The van der Waals surface area contributed by atoms with Gasteiger partial charge in [0.25, 0.3) is 0 Å². The number of fused-ring (bicyclic) bond motifs is 2. The van der Waals surface area contributed by atoms with Gasteiger partial charge in [-0.15, -0.1) is 0 Å². The smallest absolute Gasteiger partial charge is 0.239 e. The molecule has 13 heavy (non-hydrogen) atoms. The number of likely N-dealkylation sites (tertiary alicyclic amines) is 1. The number of thioether (sulfide) groups is 1. The van der Waals surface area contributed by atoms with Crippen LogP contribution in [0.3, 0.4) is 0 Å². The van der Waals surface area contributed by atoms with Crippen molar-refractivity contribution in [1.82, 2.24) is 10.2 Å². The fourth-order valence-corrected chi connectivity index (χ4v) is 3.48. The molecule has 4 heteroatoms. The highest BCUT2D eigenvalue weighted by Gasteiger charge is 2.41. The summed E-state index contributed by atoms with van der Waals surface area (Å²) in [5.74, 6) is 1.42. The third-order valence-electron chi connectivity index (χ3n) is 2.99. The zero-order valence-electron chi connectivity index (χ0n) is 8.12. The molecule has 74 valence electrons. The number of carbonyl (C=O) groups excluding carboxylic acids is 1. The van der Waals surface area contributed by atoms with Crippen molar-refractivity contribution in [2.75, 3.05) is 19.3 Å². The fourth-order valence-electron chi connectivity index (χ4n) is 2.04. The molecule has 0 saturated carbocycles. The average Bonchev–Trinajstić information content (AvgIpc) is 2.76. The highest BCUT2D eigenvalue weighted by molar-refractivity contribution is 8.00. The van der Waals surface area contributed by atoms with Crippen molar-refractivity contribution in [1.29, 1.82) is 0 Å². The summed E-state index contributed by atoms with van der Waals surface area (Å²) in [4.78, 5) is 13.9. The first-order valence-electron chi connectivity index (χ1n) is 4.81. The molecule has 3 unspecified atom stereocenters. The average molecular weight is 200 g/mol. The lowest BCUT2D eigenvalue weighted by atomic mass is 10.2. The normalized spacial score (nSPS) is 33.8. The molecule has 0 aromatic heterocycles. The van der Waals surface area contributed by atoms with Gasteiger partial charge in [-0.3, -0.25) is 4.79 Å². The number of amides is 1. The van der Waals surface area contributed by atoms with Crippen molar-refractivity contribution in [2.24, 2.45) is 0 Å². The third-order valence-corrected chi connectivity index (χ3v) is 4.38. The van der Waals surface area contributed by atoms with E-state index in [1.165, 1.54) is 6.42 Å². The predicted octanol–water partition coefficient (Wildman–Crippen LogP) is 0.311. The molecule has 0 spiro atoms. The topological polar surface area (TPSA) is 32.3 Å². The molecule has 0 aromatic carbocycles. The van der Waals surface area contributed by atoms with E-state index in [0.717, 1.165) is 17.5 Å². The highest BCUT2D eigenvalue weighted by atomic mass is 32.2. The summed E-state index contributed by atoms with van der Waals surface area (Å²) in [6.07, 6.45) is 1.22. The molecular formula is C9H16N2OS. The molecule has 2 fully saturated rings. The molecule has 2 aliphatic heterocycles. The van der Waals surface area contributed by atoms with Crippen LogP contribution < -0.4 is 5.32 Å². The maximum Gasteiger partial charge on any atom is 0.239 e. The molecule has 1 amide bonds. The second-order valence-electron chi connectivity index (χ2n) is 3.85. The van der Waals surface area contributed by atoms with Crippen LogP contribution in [0.25, 0.3) is 0 Å². The third kappa shape index (κ3) is 1.57. The van der Waals surface area contributed by atoms with E-state index in [1.807, 2.05) is 25.7 Å². The van der Waals surface area contributed by atoms with Crippen LogP contribution in [0.4, 0.5) is 0 Å². The number of nitrogens with zero attached hydrogens (tertiary/aromatic N) is 1. The van der Waals surface area contributed by atoms with E-state index in [1.54, 1.807) is 0 Å². The van der Waals surface area contributed by atoms with E-state index < -0.39 is 0 Å². The number of rotatable bonds is 2. The van der Waals surface area contributed by atoms with E-state index in [-0.39, 0.29) is 11.9 Å². The Kier molecular flexibility index (Phi) is 2.51. The maximum absolute atomic E-state index is 11.8. The maximum atomic E-state index is 11.8. The first kappa shape index (κ1) is 9.34. The Morgan fingerprint density at radius 3 is 2.92 bits per heavy atom. The second-order valence-corrected chi connectivity index (χ2v) is 5.18. The Balaban J connectivity index is 1.98. The lowest BCUT2D eigenvalue weighted by molar-refractivity contribution is -0.133.